The fraction of sp³-hybridized carbons (Fsp3) is 0.600. The molecule has 0 aromatic heterocycles. The van der Waals surface area contributed by atoms with Crippen LogP contribution < -0.4 is 5.32 Å². The van der Waals surface area contributed by atoms with Gasteiger partial charge in [0.1, 0.15) is 0 Å². The summed E-state index contributed by atoms with van der Waals surface area (Å²) in [6, 6.07) is 5.85. The average Bonchev–Trinajstić information content (AvgIpc) is 2.74. The molecule has 0 saturated carbocycles. The van der Waals surface area contributed by atoms with Gasteiger partial charge in [-0.25, -0.2) is 13.2 Å². The third-order valence-corrected chi connectivity index (χ3v) is 7.46. The fourth-order valence-corrected chi connectivity index (χ4v) is 5.56. The highest BCUT2D eigenvalue weighted by atomic mass is 32.2. The molecule has 2 aliphatic rings. The van der Waals surface area contributed by atoms with Gasteiger partial charge in [-0.2, -0.15) is 4.31 Å². The molecule has 1 aromatic carbocycles. The van der Waals surface area contributed by atoms with E-state index in [0.717, 1.165) is 0 Å². The lowest BCUT2D eigenvalue weighted by molar-refractivity contribution is -0.149. The Kier molecular flexibility index (Phi) is 6.99. The minimum Gasteiger partial charge on any atom is -0.453 e. The van der Waals surface area contributed by atoms with E-state index in [4.69, 9.17) is 4.74 Å². The van der Waals surface area contributed by atoms with E-state index < -0.39 is 16.1 Å². The molecular weight excluding hydrogens is 410 g/mol. The summed E-state index contributed by atoms with van der Waals surface area (Å²) in [5, 5.41) is 2.49. The summed E-state index contributed by atoms with van der Waals surface area (Å²) in [6.45, 7) is 5.44. The number of rotatable bonds is 4. The van der Waals surface area contributed by atoms with Gasteiger partial charge in [0.15, 0.2) is 0 Å². The third-order valence-electron chi connectivity index (χ3n) is 5.58. The van der Waals surface area contributed by atoms with Crippen molar-refractivity contribution in [3.8, 4) is 0 Å². The number of methoxy groups -OCH3 is 1. The van der Waals surface area contributed by atoms with Crippen LogP contribution in [0.3, 0.4) is 0 Å². The molecule has 0 aliphatic carbocycles. The van der Waals surface area contributed by atoms with E-state index in [-0.39, 0.29) is 35.3 Å². The van der Waals surface area contributed by atoms with Gasteiger partial charge in [-0.3, -0.25) is 10.1 Å². The van der Waals surface area contributed by atoms with Crippen LogP contribution in [0.5, 0.6) is 0 Å². The first-order valence-electron chi connectivity index (χ1n) is 10.1. The van der Waals surface area contributed by atoms with Crippen molar-refractivity contribution in [2.75, 3.05) is 38.7 Å². The normalized spacial score (nSPS) is 25.6. The number of carbonyl (C=O) groups is 2. The molecule has 1 N–H and O–H groups in total. The highest BCUT2D eigenvalue weighted by Crippen LogP contribution is 2.27. The Morgan fingerprint density at radius 2 is 1.77 bits per heavy atom. The molecule has 0 unspecified atom stereocenters. The Morgan fingerprint density at radius 3 is 2.37 bits per heavy atom. The summed E-state index contributed by atoms with van der Waals surface area (Å²) >= 11 is 0. The molecular formula is C20H29N3O6S. The van der Waals surface area contributed by atoms with Crippen LogP contribution in [0.4, 0.5) is 10.5 Å². The van der Waals surface area contributed by atoms with E-state index in [1.807, 2.05) is 18.7 Å². The van der Waals surface area contributed by atoms with E-state index in [9.17, 15) is 18.0 Å². The van der Waals surface area contributed by atoms with Crippen molar-refractivity contribution in [3.05, 3.63) is 24.3 Å². The number of anilines is 1. The first kappa shape index (κ1) is 22.5. The van der Waals surface area contributed by atoms with Crippen LogP contribution in [0.1, 0.15) is 26.7 Å². The van der Waals surface area contributed by atoms with Crippen LogP contribution in [0.2, 0.25) is 0 Å². The van der Waals surface area contributed by atoms with Crippen molar-refractivity contribution in [1.82, 2.24) is 9.21 Å². The van der Waals surface area contributed by atoms with Gasteiger partial charge < -0.3 is 14.4 Å². The van der Waals surface area contributed by atoms with Gasteiger partial charge in [0, 0.05) is 18.8 Å². The molecule has 9 nitrogen and oxygen atoms in total. The van der Waals surface area contributed by atoms with Crippen LogP contribution in [0, 0.1) is 5.92 Å². The molecule has 10 heteroatoms. The maximum Gasteiger partial charge on any atom is 0.411 e. The third kappa shape index (κ3) is 4.76. The molecule has 1 aromatic rings. The van der Waals surface area contributed by atoms with Crippen molar-refractivity contribution in [3.63, 3.8) is 0 Å². The molecule has 30 heavy (non-hydrogen) atoms. The molecule has 2 aliphatic heterocycles. The van der Waals surface area contributed by atoms with Crippen LogP contribution in [0.25, 0.3) is 0 Å². The lowest BCUT2D eigenvalue weighted by atomic mass is 9.96. The highest BCUT2D eigenvalue weighted by Gasteiger charge is 2.38. The van der Waals surface area contributed by atoms with Gasteiger partial charge in [0.25, 0.3) is 0 Å². The van der Waals surface area contributed by atoms with E-state index in [0.29, 0.717) is 38.3 Å². The summed E-state index contributed by atoms with van der Waals surface area (Å²) in [4.78, 5) is 26.4. The van der Waals surface area contributed by atoms with Gasteiger partial charge in [-0.15, -0.1) is 0 Å². The first-order valence-corrected chi connectivity index (χ1v) is 11.5. The topological polar surface area (TPSA) is 105 Å². The van der Waals surface area contributed by atoms with Crippen molar-refractivity contribution in [2.45, 2.75) is 43.7 Å². The SMILES string of the molecule is COC(=O)Nc1ccc(S(=O)(=O)N2CCC[C@H](C(=O)N3[C@H](C)COC[C@H]3C)C2)cc1. The lowest BCUT2D eigenvalue weighted by Gasteiger charge is -2.42. The van der Waals surface area contributed by atoms with E-state index in [1.165, 1.54) is 35.7 Å². The molecule has 0 bridgehead atoms. The molecule has 166 valence electrons. The van der Waals surface area contributed by atoms with Gasteiger partial charge in [0.05, 0.1) is 43.2 Å². The number of nitrogens with one attached hydrogen (secondary N) is 1. The Morgan fingerprint density at radius 1 is 1.13 bits per heavy atom. The van der Waals surface area contributed by atoms with Crippen molar-refractivity contribution in [2.24, 2.45) is 5.92 Å². The maximum absolute atomic E-state index is 13.2. The van der Waals surface area contributed by atoms with Crippen LogP contribution in [0.15, 0.2) is 29.2 Å². The predicted octanol–water partition coefficient (Wildman–Crippen LogP) is 1.90. The van der Waals surface area contributed by atoms with Gasteiger partial charge >= 0.3 is 6.09 Å². The quantitative estimate of drug-likeness (QED) is 0.768. The number of amides is 2. The number of hydrogen-bond acceptors (Lipinski definition) is 6. The Bertz CT molecular complexity index is 863. The predicted molar refractivity (Wildman–Crippen MR) is 111 cm³/mol. The number of sulfonamides is 1. The first-order chi connectivity index (χ1) is 14.2. The molecule has 2 saturated heterocycles. The summed E-state index contributed by atoms with van der Waals surface area (Å²) < 4.78 is 37.7. The molecule has 2 heterocycles. The minimum absolute atomic E-state index is 0.00386. The van der Waals surface area contributed by atoms with Gasteiger partial charge in [-0.05, 0) is 51.0 Å². The van der Waals surface area contributed by atoms with Crippen LogP contribution in [-0.2, 0) is 24.3 Å². The number of piperidine rings is 1. The zero-order chi connectivity index (χ0) is 21.9. The second-order valence-electron chi connectivity index (χ2n) is 7.82. The van der Waals surface area contributed by atoms with Crippen molar-refractivity contribution >= 4 is 27.7 Å². The number of morpholine rings is 1. The Hall–Kier alpha value is -2.17. The smallest absolute Gasteiger partial charge is 0.411 e. The summed E-state index contributed by atoms with van der Waals surface area (Å²) in [5.74, 6) is -0.368. The van der Waals surface area contributed by atoms with Crippen LogP contribution >= 0.6 is 0 Å². The number of benzene rings is 1. The van der Waals surface area contributed by atoms with Gasteiger partial charge in [0.2, 0.25) is 15.9 Å². The zero-order valence-electron chi connectivity index (χ0n) is 17.5. The monoisotopic (exact) mass is 439 g/mol. The molecule has 3 atom stereocenters. The largest absolute Gasteiger partial charge is 0.453 e. The maximum atomic E-state index is 13.2. The molecule has 2 amide bonds. The summed E-state index contributed by atoms with van der Waals surface area (Å²) in [7, 11) is -2.49. The number of hydrogen-bond donors (Lipinski definition) is 1. The minimum atomic E-state index is -3.74. The van der Waals surface area contributed by atoms with Crippen molar-refractivity contribution < 1.29 is 27.5 Å². The Balaban J connectivity index is 1.72. The standard InChI is InChI=1S/C20H29N3O6S/c1-14-12-29-13-15(2)23(14)19(24)16-5-4-10-22(11-16)30(26,27)18-8-6-17(7-9-18)21-20(25)28-3/h6-9,14-16H,4-5,10-13H2,1-3H3,(H,21,25)/t14-,15-,16+/m1/s1. The van der Waals surface area contributed by atoms with E-state index >= 15 is 0 Å². The second-order valence-corrected chi connectivity index (χ2v) is 9.76. The van der Waals surface area contributed by atoms with Crippen molar-refractivity contribution in [1.29, 1.82) is 0 Å². The lowest BCUT2D eigenvalue weighted by Crippen LogP contribution is -2.56. The fourth-order valence-electron chi connectivity index (χ4n) is 4.04. The number of nitrogens with zero attached hydrogens (tertiary/aromatic N) is 2. The molecule has 2 fully saturated rings. The molecule has 0 radical (unpaired) electrons. The highest BCUT2D eigenvalue weighted by molar-refractivity contribution is 7.89. The van der Waals surface area contributed by atoms with E-state index in [2.05, 4.69) is 10.1 Å². The molecule has 0 spiro atoms. The average molecular weight is 440 g/mol. The number of ether oxygens (including phenoxy) is 2. The summed E-state index contributed by atoms with van der Waals surface area (Å²) in [6.07, 6.45) is 0.670. The van der Waals surface area contributed by atoms with Gasteiger partial charge in [-0.1, -0.05) is 0 Å². The van der Waals surface area contributed by atoms with E-state index in [1.54, 1.807) is 0 Å². The summed E-state index contributed by atoms with van der Waals surface area (Å²) in [5.41, 5.74) is 0.433. The molecule has 3 rings (SSSR count). The zero-order valence-corrected chi connectivity index (χ0v) is 18.4. The van der Waals surface area contributed by atoms with Crippen LogP contribution in [-0.4, -0.2) is 75.1 Å². The second kappa shape index (κ2) is 9.32. The Labute approximate surface area is 177 Å². The number of carbonyl (C=O) groups excluding carboxylic acids is 2.